The molecular weight excluding hydrogens is 299 g/mol. The highest BCUT2D eigenvalue weighted by atomic mass is 19.1. The smallest absolute Gasteiger partial charge is 0.434 e. The molecule has 0 aliphatic heterocycles. The summed E-state index contributed by atoms with van der Waals surface area (Å²) in [7, 11) is 0. The Balaban J connectivity index is 2.02. The van der Waals surface area contributed by atoms with Crippen molar-refractivity contribution in [1.82, 2.24) is 9.55 Å². The maximum atomic E-state index is 13.4. The number of hydrogen-bond donors (Lipinski definition) is 0. The number of rotatable bonds is 4. The summed E-state index contributed by atoms with van der Waals surface area (Å²) < 4.78 is 25.3. The molecule has 0 saturated heterocycles. The van der Waals surface area contributed by atoms with Crippen LogP contribution in [0.25, 0.3) is 10.9 Å². The van der Waals surface area contributed by atoms with Gasteiger partial charge in [-0.15, -0.1) is 0 Å². The predicted molar refractivity (Wildman–Crippen MR) is 82.9 cm³/mol. The third kappa shape index (κ3) is 3.31. The van der Waals surface area contributed by atoms with Crippen LogP contribution < -0.4 is 4.74 Å². The van der Waals surface area contributed by atoms with Crippen LogP contribution in [0.15, 0.2) is 48.8 Å². The molecule has 0 saturated carbocycles. The van der Waals surface area contributed by atoms with Gasteiger partial charge in [-0.1, -0.05) is 6.07 Å². The van der Waals surface area contributed by atoms with Crippen molar-refractivity contribution < 1.29 is 18.7 Å². The van der Waals surface area contributed by atoms with Crippen molar-refractivity contribution in [2.24, 2.45) is 0 Å². The molecule has 0 aliphatic carbocycles. The van der Waals surface area contributed by atoms with Gasteiger partial charge in [0.05, 0.1) is 18.7 Å². The van der Waals surface area contributed by atoms with Crippen LogP contribution in [0, 0.1) is 5.82 Å². The van der Waals surface area contributed by atoms with Crippen LogP contribution in [0.4, 0.5) is 9.18 Å². The summed E-state index contributed by atoms with van der Waals surface area (Å²) in [4.78, 5) is 15.7. The Bertz CT molecular complexity index is 830. The first-order valence-electron chi connectivity index (χ1n) is 7.19. The fourth-order valence-electron chi connectivity index (χ4n) is 2.37. The van der Waals surface area contributed by atoms with Gasteiger partial charge in [-0.05, 0) is 36.8 Å². The number of benzene rings is 1. The van der Waals surface area contributed by atoms with Gasteiger partial charge in [0.2, 0.25) is 5.88 Å². The Hall–Kier alpha value is -2.89. The molecule has 3 aromatic rings. The highest BCUT2D eigenvalue weighted by molar-refractivity contribution is 5.83. The second-order valence-corrected chi connectivity index (χ2v) is 4.92. The first-order valence-corrected chi connectivity index (χ1v) is 7.19. The van der Waals surface area contributed by atoms with Gasteiger partial charge in [0, 0.05) is 23.8 Å². The van der Waals surface area contributed by atoms with Crippen LogP contribution in [0.2, 0.25) is 0 Å². The quantitative estimate of drug-likeness (QED) is 0.688. The number of pyridine rings is 1. The average molecular weight is 314 g/mol. The third-order valence-corrected chi connectivity index (χ3v) is 3.34. The van der Waals surface area contributed by atoms with Crippen molar-refractivity contribution >= 4 is 17.1 Å². The van der Waals surface area contributed by atoms with Gasteiger partial charge in [0.25, 0.3) is 0 Å². The fourth-order valence-corrected chi connectivity index (χ4v) is 2.37. The summed E-state index contributed by atoms with van der Waals surface area (Å²) in [5, 5.41) is 0.646. The molecule has 2 aromatic heterocycles. The van der Waals surface area contributed by atoms with Crippen LogP contribution in [0.3, 0.4) is 0 Å². The van der Waals surface area contributed by atoms with Crippen LogP contribution in [-0.2, 0) is 11.3 Å². The SMILES string of the molecule is CCOC(=O)Oc1cc2cc(F)ccc2n1Cc1cccnc1. The van der Waals surface area contributed by atoms with E-state index < -0.39 is 6.16 Å². The lowest BCUT2D eigenvalue weighted by molar-refractivity contribution is 0.101. The molecule has 0 unspecified atom stereocenters. The first kappa shape index (κ1) is 15.0. The van der Waals surface area contributed by atoms with Gasteiger partial charge in [-0.2, -0.15) is 0 Å². The number of carbonyl (C=O) groups is 1. The third-order valence-electron chi connectivity index (χ3n) is 3.34. The zero-order valence-electron chi connectivity index (χ0n) is 12.5. The summed E-state index contributed by atoms with van der Waals surface area (Å²) in [5.74, 6) is -0.0494. The van der Waals surface area contributed by atoms with Crippen LogP contribution in [-0.4, -0.2) is 22.3 Å². The molecule has 0 spiro atoms. The number of fused-ring (bicyclic) bond motifs is 1. The van der Waals surface area contributed by atoms with Crippen molar-refractivity contribution in [3.05, 3.63) is 60.2 Å². The number of nitrogens with zero attached hydrogens (tertiary/aromatic N) is 2. The lowest BCUT2D eigenvalue weighted by Crippen LogP contribution is -2.13. The lowest BCUT2D eigenvalue weighted by Gasteiger charge is -2.10. The van der Waals surface area contributed by atoms with Crippen molar-refractivity contribution in [2.45, 2.75) is 13.5 Å². The summed E-state index contributed by atoms with van der Waals surface area (Å²) in [6.07, 6.45) is 2.62. The molecule has 0 amide bonds. The fraction of sp³-hybridized carbons (Fsp3) is 0.176. The monoisotopic (exact) mass is 314 g/mol. The van der Waals surface area contributed by atoms with Gasteiger partial charge < -0.3 is 14.0 Å². The van der Waals surface area contributed by atoms with Crippen molar-refractivity contribution in [2.75, 3.05) is 6.61 Å². The maximum Gasteiger partial charge on any atom is 0.515 e. The second kappa shape index (κ2) is 6.48. The van der Waals surface area contributed by atoms with Gasteiger partial charge in [-0.25, -0.2) is 9.18 Å². The topological polar surface area (TPSA) is 53.4 Å². The Morgan fingerprint density at radius 1 is 1.30 bits per heavy atom. The number of ether oxygens (including phenoxy) is 2. The van der Waals surface area contributed by atoms with Crippen molar-refractivity contribution in [1.29, 1.82) is 0 Å². The summed E-state index contributed by atoms with van der Waals surface area (Å²) in [6.45, 7) is 2.36. The van der Waals surface area contributed by atoms with E-state index in [2.05, 4.69) is 4.98 Å². The van der Waals surface area contributed by atoms with E-state index in [4.69, 9.17) is 9.47 Å². The normalized spacial score (nSPS) is 10.7. The molecule has 0 radical (unpaired) electrons. The van der Waals surface area contributed by atoms with E-state index in [0.717, 1.165) is 11.1 Å². The van der Waals surface area contributed by atoms with Crippen molar-refractivity contribution in [3.63, 3.8) is 0 Å². The molecule has 118 valence electrons. The summed E-state index contributed by atoms with van der Waals surface area (Å²) in [5.41, 5.74) is 1.69. The van der Waals surface area contributed by atoms with Crippen LogP contribution in [0.1, 0.15) is 12.5 Å². The molecule has 2 heterocycles. The highest BCUT2D eigenvalue weighted by Gasteiger charge is 2.15. The molecule has 1 aromatic carbocycles. The molecule has 0 fully saturated rings. The minimum absolute atomic E-state index is 0.219. The zero-order valence-corrected chi connectivity index (χ0v) is 12.5. The molecular formula is C17H15FN2O3. The number of aromatic nitrogens is 2. The van der Waals surface area contributed by atoms with E-state index in [-0.39, 0.29) is 12.4 Å². The van der Waals surface area contributed by atoms with Gasteiger partial charge in [0.1, 0.15) is 5.82 Å². The number of carbonyl (C=O) groups excluding carboxylic acids is 1. The van der Waals surface area contributed by atoms with E-state index in [0.29, 0.717) is 17.8 Å². The molecule has 0 N–H and O–H groups in total. The van der Waals surface area contributed by atoms with E-state index in [9.17, 15) is 9.18 Å². The molecule has 3 rings (SSSR count). The Kier molecular flexibility index (Phi) is 4.23. The Morgan fingerprint density at radius 2 is 2.17 bits per heavy atom. The zero-order chi connectivity index (χ0) is 16.2. The van der Waals surface area contributed by atoms with Gasteiger partial charge >= 0.3 is 6.16 Å². The molecule has 0 atom stereocenters. The van der Waals surface area contributed by atoms with Gasteiger partial charge in [0.15, 0.2) is 0 Å². The molecule has 23 heavy (non-hydrogen) atoms. The van der Waals surface area contributed by atoms with E-state index in [1.54, 1.807) is 36.0 Å². The average Bonchev–Trinajstić information content (AvgIpc) is 2.85. The first-order chi connectivity index (χ1) is 11.2. The Labute approximate surface area is 132 Å². The summed E-state index contributed by atoms with van der Waals surface area (Å²) in [6, 6.07) is 9.77. The number of hydrogen-bond acceptors (Lipinski definition) is 4. The second-order valence-electron chi connectivity index (χ2n) is 4.92. The minimum Gasteiger partial charge on any atom is -0.434 e. The van der Waals surface area contributed by atoms with Crippen LogP contribution >= 0.6 is 0 Å². The maximum absolute atomic E-state index is 13.4. The molecule has 0 aliphatic rings. The standard InChI is InChI=1S/C17H15FN2O3/c1-2-22-17(21)23-16-9-13-8-14(18)5-6-15(13)20(16)11-12-4-3-7-19-10-12/h3-10H,2,11H2,1H3. The molecule has 5 nitrogen and oxygen atoms in total. The molecule has 0 bridgehead atoms. The summed E-state index contributed by atoms with van der Waals surface area (Å²) >= 11 is 0. The number of halogens is 1. The highest BCUT2D eigenvalue weighted by Crippen LogP contribution is 2.27. The van der Waals surface area contributed by atoms with Gasteiger partial charge in [-0.3, -0.25) is 4.98 Å². The lowest BCUT2D eigenvalue weighted by atomic mass is 10.2. The predicted octanol–water partition coefficient (Wildman–Crippen LogP) is 3.76. The largest absolute Gasteiger partial charge is 0.515 e. The van der Waals surface area contributed by atoms with E-state index >= 15 is 0 Å². The van der Waals surface area contributed by atoms with E-state index in [1.165, 1.54) is 12.1 Å². The minimum atomic E-state index is -0.789. The Morgan fingerprint density at radius 3 is 2.91 bits per heavy atom. The molecule has 6 heteroatoms. The van der Waals surface area contributed by atoms with Crippen LogP contribution in [0.5, 0.6) is 5.88 Å². The van der Waals surface area contributed by atoms with Crippen molar-refractivity contribution in [3.8, 4) is 5.88 Å². The van der Waals surface area contributed by atoms with E-state index in [1.807, 2.05) is 12.1 Å².